The molecule has 0 aromatic heterocycles. The van der Waals surface area contributed by atoms with Crippen molar-refractivity contribution in [2.45, 2.75) is 75.8 Å². The van der Waals surface area contributed by atoms with Crippen LogP contribution in [0.25, 0.3) is 0 Å². The average molecular weight is 580 g/mol. The van der Waals surface area contributed by atoms with Gasteiger partial charge in [0, 0.05) is 31.7 Å². The number of rotatable bonds is 5. The molecule has 6 atom stereocenters. The molecule has 3 amide bonds. The van der Waals surface area contributed by atoms with Gasteiger partial charge in [-0.1, -0.05) is 54.6 Å². The van der Waals surface area contributed by atoms with Gasteiger partial charge in [-0.3, -0.25) is 19.2 Å². The van der Waals surface area contributed by atoms with Crippen LogP contribution in [0.5, 0.6) is 0 Å². The zero-order valence-corrected chi connectivity index (χ0v) is 24.5. The number of hydrogen-bond acceptors (Lipinski definition) is 7. The lowest BCUT2D eigenvalue weighted by atomic mass is 9.77. The van der Waals surface area contributed by atoms with Gasteiger partial charge >= 0.3 is 5.97 Å². The molecular weight excluding hydrogens is 538 g/mol. The second-order valence-corrected chi connectivity index (χ2v) is 12.4. The highest BCUT2D eigenvalue weighted by Gasteiger charge is 2.72. The maximum atomic E-state index is 14.3. The Bertz CT molecular complexity index is 1260. The van der Waals surface area contributed by atoms with Crippen LogP contribution in [0, 0.1) is 11.8 Å². The van der Waals surface area contributed by atoms with Crippen molar-refractivity contribution in [2.75, 3.05) is 26.2 Å². The summed E-state index contributed by atoms with van der Waals surface area (Å²) in [6, 6.07) is 8.20. The highest BCUT2D eigenvalue weighted by molar-refractivity contribution is 5.99. The van der Waals surface area contributed by atoms with Gasteiger partial charge in [-0.15, -0.1) is 0 Å². The van der Waals surface area contributed by atoms with Gasteiger partial charge in [0.15, 0.2) is 0 Å². The molecule has 4 aliphatic heterocycles. The number of cyclic esters (lactones) is 1. The molecule has 42 heavy (non-hydrogen) atoms. The monoisotopic (exact) mass is 579 g/mol. The van der Waals surface area contributed by atoms with Crippen molar-refractivity contribution in [1.29, 1.82) is 0 Å². The zero-order chi connectivity index (χ0) is 30.1. The molecule has 1 aromatic rings. The number of nitrogens with one attached hydrogen (secondary N) is 1. The predicted octanol–water partition coefficient (Wildman–Crippen LogP) is 2.29. The first-order valence-electron chi connectivity index (χ1n) is 14.9. The average Bonchev–Trinajstić information content (AvgIpc) is 3.32. The van der Waals surface area contributed by atoms with E-state index < -0.39 is 47.2 Å². The van der Waals surface area contributed by atoms with Crippen LogP contribution in [-0.4, -0.2) is 88.1 Å². The van der Waals surface area contributed by atoms with Crippen molar-refractivity contribution in [1.82, 2.24) is 15.1 Å². The number of allylic oxidation sites excluding steroid dienone is 1. The lowest BCUT2D eigenvalue weighted by Crippen LogP contribution is -2.58. The number of nitrogens with zero attached hydrogens (tertiary/aromatic N) is 2. The summed E-state index contributed by atoms with van der Waals surface area (Å²) in [5.41, 5.74) is -1.17. The van der Waals surface area contributed by atoms with Crippen molar-refractivity contribution in [3.05, 3.63) is 60.2 Å². The van der Waals surface area contributed by atoms with E-state index in [1.54, 1.807) is 22.0 Å². The van der Waals surface area contributed by atoms with E-state index in [4.69, 9.17) is 9.47 Å². The second kappa shape index (κ2) is 12.0. The number of amides is 3. The standard InChI is InChI=1S/C32H41N3O7/c1-31(2,3)35-18-11-16-32-26(28(38)34(17-9-10-19-36)27(32)29(35)39)25-22(42-32)14-7-8-15-24(37)33-20-23(41-30(25)40)21-12-5-4-6-13-21/h4-7,11-14,16,22-23,25-27,36H,8-10,15,17-20H2,1-3H3,(H,33,37)/b14-7-/t22-,23+,25+,26+,27-,32+/m1/s1. The number of aliphatic hydroxyl groups is 1. The third kappa shape index (κ3) is 5.49. The Morgan fingerprint density at radius 2 is 1.81 bits per heavy atom. The fourth-order valence-electron chi connectivity index (χ4n) is 6.64. The quantitative estimate of drug-likeness (QED) is 0.312. The molecule has 1 aromatic carbocycles. The molecule has 226 valence electrons. The third-order valence-corrected chi connectivity index (χ3v) is 8.66. The highest BCUT2D eigenvalue weighted by atomic mass is 16.6. The molecule has 2 saturated heterocycles. The van der Waals surface area contributed by atoms with Crippen molar-refractivity contribution in [3.63, 3.8) is 0 Å². The Morgan fingerprint density at radius 1 is 1.05 bits per heavy atom. The summed E-state index contributed by atoms with van der Waals surface area (Å²) in [5.74, 6) is -3.32. The van der Waals surface area contributed by atoms with Crippen LogP contribution in [0.2, 0.25) is 0 Å². The van der Waals surface area contributed by atoms with Crippen LogP contribution in [0.1, 0.15) is 58.1 Å². The van der Waals surface area contributed by atoms with Gasteiger partial charge in [0.2, 0.25) is 17.7 Å². The first-order chi connectivity index (χ1) is 20.1. The first kappa shape index (κ1) is 30.0. The highest BCUT2D eigenvalue weighted by Crippen LogP contribution is 2.53. The van der Waals surface area contributed by atoms with Gasteiger partial charge in [0.05, 0.1) is 18.6 Å². The summed E-state index contributed by atoms with van der Waals surface area (Å²) in [6.45, 7) is 6.50. The second-order valence-electron chi connectivity index (χ2n) is 12.4. The molecule has 2 N–H and O–H groups in total. The SMILES string of the molecule is CC(C)(C)N1CC=C[C@]23O[C@@H]4/C=C\CCC(=O)NC[C@@H](c5ccccc5)OC(=O)[C@@H]4[C@H]2C(=O)N(CCCCO)[C@@H]3C1=O. The number of carbonyl (C=O) groups is 4. The van der Waals surface area contributed by atoms with Gasteiger partial charge in [-0.2, -0.15) is 0 Å². The molecule has 5 rings (SSSR count). The summed E-state index contributed by atoms with van der Waals surface area (Å²) in [5, 5.41) is 12.3. The minimum absolute atomic E-state index is 0.0288. The smallest absolute Gasteiger partial charge is 0.313 e. The van der Waals surface area contributed by atoms with Crippen LogP contribution in [0.3, 0.4) is 0 Å². The van der Waals surface area contributed by atoms with E-state index in [0.29, 0.717) is 25.8 Å². The molecule has 1 spiro atoms. The number of fused-ring (bicyclic) bond motifs is 2. The summed E-state index contributed by atoms with van der Waals surface area (Å²) >= 11 is 0. The Balaban J connectivity index is 1.58. The third-order valence-electron chi connectivity index (χ3n) is 8.66. The van der Waals surface area contributed by atoms with Crippen molar-refractivity contribution >= 4 is 23.7 Å². The number of hydrogen-bond donors (Lipinski definition) is 2. The first-order valence-corrected chi connectivity index (χ1v) is 14.9. The summed E-state index contributed by atoms with van der Waals surface area (Å²) in [4.78, 5) is 58.5. The summed E-state index contributed by atoms with van der Waals surface area (Å²) < 4.78 is 12.8. The topological polar surface area (TPSA) is 125 Å². The van der Waals surface area contributed by atoms with Crippen molar-refractivity contribution in [2.24, 2.45) is 11.8 Å². The molecule has 2 fully saturated rings. The number of benzene rings is 1. The van der Waals surface area contributed by atoms with E-state index in [1.807, 2.05) is 63.3 Å². The van der Waals surface area contributed by atoms with E-state index in [2.05, 4.69) is 5.32 Å². The van der Waals surface area contributed by atoms with Gasteiger partial charge in [-0.25, -0.2) is 0 Å². The van der Waals surface area contributed by atoms with Crippen LogP contribution in [-0.2, 0) is 28.7 Å². The molecule has 0 bridgehead atoms. The Hall–Kier alpha value is -3.50. The summed E-state index contributed by atoms with van der Waals surface area (Å²) in [7, 11) is 0. The summed E-state index contributed by atoms with van der Waals surface area (Å²) in [6.07, 6.45) is 7.25. The normalized spacial score (nSPS) is 32.6. The van der Waals surface area contributed by atoms with Crippen LogP contribution >= 0.6 is 0 Å². The van der Waals surface area contributed by atoms with E-state index >= 15 is 0 Å². The van der Waals surface area contributed by atoms with E-state index in [9.17, 15) is 24.3 Å². The number of likely N-dealkylation sites (tertiary alicyclic amines) is 1. The number of aliphatic hydroxyl groups excluding tert-OH is 1. The van der Waals surface area contributed by atoms with Gasteiger partial charge in [0.1, 0.15) is 23.7 Å². The molecule has 0 radical (unpaired) electrons. The molecule has 0 aliphatic carbocycles. The molecule has 4 heterocycles. The number of carbonyl (C=O) groups excluding carboxylic acids is 4. The molecule has 4 aliphatic rings. The Labute approximate surface area is 246 Å². The lowest BCUT2D eigenvalue weighted by Gasteiger charge is -2.40. The fourth-order valence-corrected chi connectivity index (χ4v) is 6.64. The van der Waals surface area contributed by atoms with Gasteiger partial charge in [-0.05, 0) is 45.6 Å². The molecule has 10 heteroatoms. The fraction of sp³-hybridized carbons (Fsp3) is 0.562. The number of esters is 1. The predicted molar refractivity (Wildman–Crippen MR) is 154 cm³/mol. The van der Waals surface area contributed by atoms with Gasteiger partial charge in [0.25, 0.3) is 0 Å². The minimum atomic E-state index is -1.37. The minimum Gasteiger partial charge on any atom is -0.455 e. The zero-order valence-electron chi connectivity index (χ0n) is 24.5. The van der Waals surface area contributed by atoms with Crippen molar-refractivity contribution < 1.29 is 33.8 Å². The molecular formula is C32H41N3O7. The number of unbranched alkanes of at least 4 members (excludes halogenated alkanes) is 1. The number of ether oxygens (including phenoxy) is 2. The van der Waals surface area contributed by atoms with Crippen LogP contribution in [0.15, 0.2) is 54.6 Å². The van der Waals surface area contributed by atoms with Crippen molar-refractivity contribution in [3.8, 4) is 0 Å². The Kier molecular flexibility index (Phi) is 8.57. The lowest BCUT2D eigenvalue weighted by molar-refractivity contribution is -0.160. The van der Waals surface area contributed by atoms with E-state index in [0.717, 1.165) is 5.56 Å². The van der Waals surface area contributed by atoms with E-state index in [-0.39, 0.29) is 43.8 Å². The maximum Gasteiger partial charge on any atom is 0.313 e. The van der Waals surface area contributed by atoms with E-state index in [1.165, 1.54) is 0 Å². The molecule has 10 nitrogen and oxygen atoms in total. The van der Waals surface area contributed by atoms with Crippen LogP contribution < -0.4 is 5.32 Å². The molecule has 0 unspecified atom stereocenters. The van der Waals surface area contributed by atoms with Gasteiger partial charge < -0.3 is 29.7 Å². The largest absolute Gasteiger partial charge is 0.455 e. The molecule has 0 saturated carbocycles. The Morgan fingerprint density at radius 3 is 2.52 bits per heavy atom. The van der Waals surface area contributed by atoms with Crippen LogP contribution in [0.4, 0.5) is 0 Å². The maximum absolute atomic E-state index is 14.3.